The van der Waals surface area contributed by atoms with Gasteiger partial charge in [-0.2, -0.15) is 0 Å². The smallest absolute Gasteiger partial charge is 0.425 e. The number of ether oxygens (including phenoxy) is 4. The summed E-state index contributed by atoms with van der Waals surface area (Å²) in [5.41, 5.74) is 4.09. The van der Waals surface area contributed by atoms with E-state index in [9.17, 15) is 4.79 Å². The van der Waals surface area contributed by atoms with Crippen LogP contribution in [0.2, 0.25) is 0 Å². The number of carbonyl (C=O) groups excluding carboxylic acids is 1. The van der Waals surface area contributed by atoms with Crippen LogP contribution in [0.1, 0.15) is 11.1 Å². The van der Waals surface area contributed by atoms with Gasteiger partial charge in [0.05, 0.1) is 33.1 Å². The molecule has 4 aromatic rings. The van der Waals surface area contributed by atoms with Crippen molar-refractivity contribution in [3.05, 3.63) is 84.2 Å². The molecule has 10 heteroatoms. The predicted molar refractivity (Wildman–Crippen MR) is 158 cm³/mol. The number of amides is 1. The van der Waals surface area contributed by atoms with Gasteiger partial charge in [0.2, 0.25) is 0 Å². The topological polar surface area (TPSA) is 98.3 Å². The monoisotopic (exact) mass is 555 g/mol. The first kappa shape index (κ1) is 27.7. The molecule has 1 amide bonds. The van der Waals surface area contributed by atoms with Crippen molar-refractivity contribution in [3.8, 4) is 17.2 Å². The standard InChI is InChI=1S/C31H33N5O5/c1-21-6-5-7-22(2)30(21)41-31(37)36(26-13-12-25(38-3)18-27(26)39-4)29-19-28(32-20-33-29)34-23-8-10-24(11-9-23)35-14-16-40-17-15-35/h5-13,18-20H,14-17H2,1-4H3,(H,32,33,34). The van der Waals surface area contributed by atoms with E-state index in [0.29, 0.717) is 34.6 Å². The fourth-order valence-electron chi connectivity index (χ4n) is 4.64. The lowest BCUT2D eigenvalue weighted by atomic mass is 10.1. The zero-order valence-electron chi connectivity index (χ0n) is 23.6. The number of methoxy groups -OCH3 is 2. The van der Waals surface area contributed by atoms with Crippen LogP contribution in [0.15, 0.2) is 73.1 Å². The molecule has 0 unspecified atom stereocenters. The summed E-state index contributed by atoms with van der Waals surface area (Å²) in [4.78, 5) is 26.3. The Balaban J connectivity index is 1.46. The Morgan fingerprint density at radius 2 is 1.66 bits per heavy atom. The van der Waals surface area contributed by atoms with E-state index in [2.05, 4.69) is 32.3 Å². The van der Waals surface area contributed by atoms with Crippen molar-refractivity contribution < 1.29 is 23.7 Å². The maximum absolute atomic E-state index is 13.8. The highest BCUT2D eigenvalue weighted by Crippen LogP contribution is 2.37. The normalized spacial score (nSPS) is 12.9. The molecule has 10 nitrogen and oxygen atoms in total. The van der Waals surface area contributed by atoms with E-state index in [0.717, 1.165) is 48.8 Å². The molecular weight excluding hydrogens is 522 g/mol. The third-order valence-corrected chi connectivity index (χ3v) is 6.81. The van der Waals surface area contributed by atoms with E-state index in [1.807, 2.05) is 44.2 Å². The summed E-state index contributed by atoms with van der Waals surface area (Å²) in [5.74, 6) is 2.29. The van der Waals surface area contributed by atoms with Crippen molar-refractivity contribution in [2.45, 2.75) is 13.8 Å². The molecule has 1 aliphatic heterocycles. The van der Waals surface area contributed by atoms with Crippen LogP contribution in [0.25, 0.3) is 0 Å². The molecule has 0 saturated carbocycles. The van der Waals surface area contributed by atoms with Gasteiger partial charge in [0, 0.05) is 36.6 Å². The fraction of sp³-hybridized carbons (Fsp3) is 0.258. The second-order valence-corrected chi connectivity index (χ2v) is 9.49. The summed E-state index contributed by atoms with van der Waals surface area (Å²) in [6, 6.07) is 20.7. The molecule has 3 aromatic carbocycles. The van der Waals surface area contributed by atoms with Gasteiger partial charge >= 0.3 is 6.09 Å². The maximum Gasteiger partial charge on any atom is 0.425 e. The van der Waals surface area contributed by atoms with Crippen molar-refractivity contribution in [1.29, 1.82) is 0 Å². The number of rotatable bonds is 8. The molecule has 1 N–H and O–H groups in total. The summed E-state index contributed by atoms with van der Waals surface area (Å²) in [6.45, 7) is 6.97. The number of carbonyl (C=O) groups is 1. The largest absolute Gasteiger partial charge is 0.497 e. The highest BCUT2D eigenvalue weighted by atomic mass is 16.6. The molecule has 1 aliphatic rings. The molecule has 212 valence electrons. The Morgan fingerprint density at radius 3 is 2.34 bits per heavy atom. The lowest BCUT2D eigenvalue weighted by Gasteiger charge is -2.29. The van der Waals surface area contributed by atoms with Crippen molar-refractivity contribution in [2.75, 3.05) is 55.6 Å². The fourth-order valence-corrected chi connectivity index (χ4v) is 4.64. The first-order valence-corrected chi connectivity index (χ1v) is 13.3. The number of aryl methyl sites for hydroxylation is 2. The first-order valence-electron chi connectivity index (χ1n) is 13.3. The van der Waals surface area contributed by atoms with Crippen LogP contribution in [0, 0.1) is 13.8 Å². The Bertz CT molecular complexity index is 1490. The lowest BCUT2D eigenvalue weighted by Crippen LogP contribution is -2.36. The van der Waals surface area contributed by atoms with Gasteiger partial charge < -0.3 is 29.2 Å². The maximum atomic E-state index is 13.8. The quantitative estimate of drug-likeness (QED) is 0.279. The SMILES string of the molecule is COc1ccc(N(C(=O)Oc2c(C)cccc2C)c2cc(Nc3ccc(N4CCOCC4)cc3)ncn2)c(OC)c1. The van der Waals surface area contributed by atoms with E-state index in [-0.39, 0.29) is 0 Å². The average molecular weight is 556 g/mol. The minimum atomic E-state index is -0.648. The second kappa shape index (κ2) is 12.6. The van der Waals surface area contributed by atoms with Gasteiger partial charge in [-0.1, -0.05) is 18.2 Å². The highest BCUT2D eigenvalue weighted by Gasteiger charge is 2.27. The third-order valence-electron chi connectivity index (χ3n) is 6.81. The number of hydrogen-bond acceptors (Lipinski definition) is 9. The molecule has 0 atom stereocenters. The molecule has 1 saturated heterocycles. The van der Waals surface area contributed by atoms with Gasteiger partial charge in [0.1, 0.15) is 35.2 Å². The highest BCUT2D eigenvalue weighted by molar-refractivity contribution is 5.98. The van der Waals surface area contributed by atoms with Crippen LogP contribution in [-0.4, -0.2) is 56.6 Å². The number of hydrogen-bond donors (Lipinski definition) is 1. The van der Waals surface area contributed by atoms with Crippen molar-refractivity contribution in [1.82, 2.24) is 9.97 Å². The molecule has 5 rings (SSSR count). The van der Waals surface area contributed by atoms with Crippen LogP contribution in [0.3, 0.4) is 0 Å². The van der Waals surface area contributed by atoms with E-state index < -0.39 is 6.09 Å². The Hall–Kier alpha value is -4.83. The van der Waals surface area contributed by atoms with E-state index in [1.54, 1.807) is 31.4 Å². The van der Waals surface area contributed by atoms with Gasteiger partial charge in [-0.15, -0.1) is 0 Å². The van der Waals surface area contributed by atoms with Crippen molar-refractivity contribution in [3.63, 3.8) is 0 Å². The number of nitrogens with one attached hydrogen (secondary N) is 1. The van der Waals surface area contributed by atoms with Crippen LogP contribution in [0.4, 0.5) is 33.5 Å². The number of anilines is 5. The summed E-state index contributed by atoms with van der Waals surface area (Å²) in [7, 11) is 3.10. The molecule has 0 bridgehead atoms. The second-order valence-electron chi connectivity index (χ2n) is 9.49. The Kier molecular flexibility index (Phi) is 8.50. The molecule has 41 heavy (non-hydrogen) atoms. The van der Waals surface area contributed by atoms with Crippen molar-refractivity contribution in [2.24, 2.45) is 0 Å². The van der Waals surface area contributed by atoms with Gasteiger partial charge in [-0.25, -0.2) is 19.7 Å². The number of aromatic nitrogens is 2. The van der Waals surface area contributed by atoms with Crippen LogP contribution < -0.4 is 29.3 Å². The lowest BCUT2D eigenvalue weighted by molar-refractivity contribution is 0.122. The summed E-state index contributed by atoms with van der Waals surface area (Å²) in [6.07, 6.45) is 0.750. The summed E-state index contributed by atoms with van der Waals surface area (Å²) >= 11 is 0. The molecule has 1 aromatic heterocycles. The van der Waals surface area contributed by atoms with Crippen LogP contribution in [0.5, 0.6) is 17.2 Å². The van der Waals surface area contributed by atoms with Gasteiger partial charge in [-0.3, -0.25) is 0 Å². The van der Waals surface area contributed by atoms with Crippen molar-refractivity contribution >= 4 is 34.8 Å². The van der Waals surface area contributed by atoms with Gasteiger partial charge in [0.15, 0.2) is 0 Å². The number of morpholine rings is 1. The summed E-state index contributed by atoms with van der Waals surface area (Å²) in [5, 5.41) is 3.31. The van der Waals surface area contributed by atoms with Crippen LogP contribution >= 0.6 is 0 Å². The predicted octanol–water partition coefficient (Wildman–Crippen LogP) is 6.03. The molecule has 1 fully saturated rings. The van der Waals surface area contributed by atoms with E-state index >= 15 is 0 Å². The molecule has 0 spiro atoms. The first-order chi connectivity index (χ1) is 20.0. The minimum absolute atomic E-state index is 0.298. The zero-order valence-corrected chi connectivity index (χ0v) is 23.6. The number of para-hydroxylation sites is 1. The molecule has 2 heterocycles. The minimum Gasteiger partial charge on any atom is -0.497 e. The van der Waals surface area contributed by atoms with Crippen LogP contribution in [-0.2, 0) is 4.74 Å². The molecule has 0 aliphatic carbocycles. The number of benzene rings is 3. The molecular formula is C31H33N5O5. The average Bonchev–Trinajstić information content (AvgIpc) is 3.00. The van der Waals surface area contributed by atoms with Gasteiger partial charge in [0.25, 0.3) is 0 Å². The van der Waals surface area contributed by atoms with Gasteiger partial charge in [-0.05, 0) is 61.4 Å². The number of nitrogens with zero attached hydrogens (tertiary/aromatic N) is 4. The summed E-state index contributed by atoms with van der Waals surface area (Å²) < 4.78 is 22.4. The third kappa shape index (κ3) is 6.33. The molecule has 0 radical (unpaired) electrons. The van der Waals surface area contributed by atoms with E-state index in [1.165, 1.54) is 18.3 Å². The van der Waals surface area contributed by atoms with E-state index in [4.69, 9.17) is 18.9 Å². The Labute approximate surface area is 239 Å². The zero-order chi connectivity index (χ0) is 28.8. The Morgan fingerprint density at radius 1 is 0.927 bits per heavy atom.